The maximum absolute atomic E-state index is 12.1. The van der Waals surface area contributed by atoms with Gasteiger partial charge in [0, 0.05) is 19.1 Å². The van der Waals surface area contributed by atoms with E-state index in [1.165, 1.54) is 17.5 Å². The molecule has 4 N–H and O–H groups in total. The number of aliphatic hydroxyl groups excluding tert-OH is 1. The van der Waals surface area contributed by atoms with Gasteiger partial charge in [-0.25, -0.2) is 4.68 Å². The number of anilines is 1. The summed E-state index contributed by atoms with van der Waals surface area (Å²) in [5, 5.41) is 16.5. The largest absolute Gasteiger partial charge is 0.392 e. The van der Waals surface area contributed by atoms with Crippen LogP contribution in [0.25, 0.3) is 0 Å². The average Bonchev–Trinajstić information content (AvgIpc) is 3.17. The Labute approximate surface area is 120 Å². The van der Waals surface area contributed by atoms with Gasteiger partial charge in [-0.2, -0.15) is 5.10 Å². The second kappa shape index (κ2) is 6.02. The molecule has 1 heterocycles. The molecule has 0 spiro atoms. The highest BCUT2D eigenvalue weighted by Crippen LogP contribution is 2.30. The van der Waals surface area contributed by atoms with Crippen LogP contribution in [-0.2, 0) is 6.54 Å². The van der Waals surface area contributed by atoms with Crippen molar-refractivity contribution in [2.45, 2.75) is 38.5 Å². The fourth-order valence-corrected chi connectivity index (χ4v) is 2.11. The lowest BCUT2D eigenvalue weighted by Gasteiger charge is -2.16. The van der Waals surface area contributed by atoms with Gasteiger partial charge in [-0.1, -0.05) is 0 Å². The highest BCUT2D eigenvalue weighted by Gasteiger charge is 2.23. The summed E-state index contributed by atoms with van der Waals surface area (Å²) in [6, 6.07) is -0.388. The topological polar surface area (TPSA) is 93.2 Å². The van der Waals surface area contributed by atoms with E-state index >= 15 is 0 Å². The third kappa shape index (κ3) is 3.77. The molecule has 1 aliphatic carbocycles. The van der Waals surface area contributed by atoms with Crippen LogP contribution < -0.4 is 16.6 Å². The van der Waals surface area contributed by atoms with Gasteiger partial charge in [-0.05, 0) is 41.6 Å². The maximum atomic E-state index is 12.1. The van der Waals surface area contributed by atoms with Crippen LogP contribution in [0, 0.1) is 5.92 Å². The molecule has 6 nitrogen and oxygen atoms in total. The molecule has 1 aromatic heterocycles. The second-order valence-corrected chi connectivity index (χ2v) is 5.88. The fraction of sp³-hybridized carbons (Fsp3) is 0.667. The van der Waals surface area contributed by atoms with Gasteiger partial charge in [0.05, 0.1) is 18.0 Å². The summed E-state index contributed by atoms with van der Waals surface area (Å²) < 4.78 is 1.95. The molecule has 1 saturated carbocycles. The molecular formula is C12H19BrN4O2. The van der Waals surface area contributed by atoms with Gasteiger partial charge in [0.15, 0.2) is 0 Å². The van der Waals surface area contributed by atoms with Gasteiger partial charge in [0.1, 0.15) is 4.47 Å². The first-order valence-electron chi connectivity index (χ1n) is 6.42. The molecule has 1 aliphatic rings. The molecule has 19 heavy (non-hydrogen) atoms. The lowest BCUT2D eigenvalue weighted by atomic mass is 10.2. The molecule has 0 bridgehead atoms. The van der Waals surface area contributed by atoms with E-state index in [-0.39, 0.29) is 11.6 Å². The van der Waals surface area contributed by atoms with E-state index in [2.05, 4.69) is 26.3 Å². The molecule has 0 saturated heterocycles. The van der Waals surface area contributed by atoms with Crippen molar-refractivity contribution in [3.8, 4) is 0 Å². The summed E-state index contributed by atoms with van der Waals surface area (Å²) in [6.45, 7) is 2.70. The Morgan fingerprint density at radius 2 is 2.37 bits per heavy atom. The van der Waals surface area contributed by atoms with Crippen molar-refractivity contribution in [1.82, 2.24) is 9.78 Å². The maximum Gasteiger partial charge on any atom is 0.283 e. The van der Waals surface area contributed by atoms with E-state index in [0.29, 0.717) is 29.2 Å². The molecule has 0 radical (unpaired) electrons. The van der Waals surface area contributed by atoms with E-state index in [9.17, 15) is 9.90 Å². The van der Waals surface area contributed by atoms with Crippen molar-refractivity contribution in [3.05, 3.63) is 21.0 Å². The normalized spacial score (nSPS) is 18.1. The van der Waals surface area contributed by atoms with Crippen molar-refractivity contribution in [3.63, 3.8) is 0 Å². The number of hydrogen-bond donors (Lipinski definition) is 3. The van der Waals surface area contributed by atoms with E-state index in [1.54, 1.807) is 13.1 Å². The quantitative estimate of drug-likeness (QED) is 0.707. The minimum absolute atomic E-state index is 0.137. The Kier molecular flexibility index (Phi) is 4.59. The molecule has 0 aromatic carbocycles. The Morgan fingerprint density at radius 1 is 1.68 bits per heavy atom. The minimum Gasteiger partial charge on any atom is -0.392 e. The Balaban J connectivity index is 2.05. The van der Waals surface area contributed by atoms with Crippen LogP contribution in [0.5, 0.6) is 0 Å². The van der Waals surface area contributed by atoms with Crippen LogP contribution in [0.3, 0.4) is 0 Å². The fourth-order valence-electron chi connectivity index (χ4n) is 1.66. The number of nitrogens with two attached hydrogens (primary N) is 1. The Hall–Kier alpha value is -0.920. The van der Waals surface area contributed by atoms with E-state index < -0.39 is 6.10 Å². The molecule has 0 aliphatic heterocycles. The van der Waals surface area contributed by atoms with Gasteiger partial charge < -0.3 is 16.2 Å². The SMILES string of the molecule is CC(O)C(N)CNc1cnn(CC2CC2)c(=O)c1Br. The number of aromatic nitrogens is 2. The number of aliphatic hydroxyl groups is 1. The Bertz CT molecular complexity index is 499. The predicted octanol–water partition coefficient (Wildman–Crippen LogP) is 0.536. The van der Waals surface area contributed by atoms with Crippen LogP contribution in [0.15, 0.2) is 15.5 Å². The summed E-state index contributed by atoms with van der Waals surface area (Å²) in [7, 11) is 0. The standard InChI is InChI=1S/C12H19BrN4O2/c1-7(18)9(14)4-15-10-5-16-17(6-8-2-3-8)12(19)11(10)13/h5,7-9,15,18H,2-4,6,14H2,1H3. The first-order valence-corrected chi connectivity index (χ1v) is 7.21. The highest BCUT2D eigenvalue weighted by atomic mass is 79.9. The van der Waals surface area contributed by atoms with Gasteiger partial charge in [-0.15, -0.1) is 0 Å². The highest BCUT2D eigenvalue weighted by molar-refractivity contribution is 9.10. The number of nitrogens with one attached hydrogen (secondary N) is 1. The number of hydrogen-bond acceptors (Lipinski definition) is 5. The summed E-state index contributed by atoms with van der Waals surface area (Å²) in [5.41, 5.74) is 6.19. The summed E-state index contributed by atoms with van der Waals surface area (Å²) in [4.78, 5) is 12.1. The third-order valence-corrected chi connectivity index (χ3v) is 4.03. The zero-order valence-electron chi connectivity index (χ0n) is 10.8. The van der Waals surface area contributed by atoms with Gasteiger partial charge in [0.2, 0.25) is 0 Å². The van der Waals surface area contributed by atoms with Crippen LogP contribution in [0.2, 0.25) is 0 Å². The molecule has 2 atom stereocenters. The smallest absolute Gasteiger partial charge is 0.283 e. The molecule has 106 valence electrons. The zero-order chi connectivity index (χ0) is 14.0. The van der Waals surface area contributed by atoms with Crippen LogP contribution in [-0.4, -0.2) is 33.6 Å². The molecular weight excluding hydrogens is 312 g/mol. The lowest BCUT2D eigenvalue weighted by Crippen LogP contribution is -2.39. The van der Waals surface area contributed by atoms with Gasteiger partial charge >= 0.3 is 0 Å². The Morgan fingerprint density at radius 3 is 2.95 bits per heavy atom. The third-order valence-electron chi connectivity index (χ3n) is 3.26. The first-order chi connectivity index (χ1) is 8.99. The summed E-state index contributed by atoms with van der Waals surface area (Å²) >= 11 is 3.29. The van der Waals surface area contributed by atoms with Gasteiger partial charge in [-0.3, -0.25) is 4.79 Å². The zero-order valence-corrected chi connectivity index (χ0v) is 12.4. The monoisotopic (exact) mass is 330 g/mol. The summed E-state index contributed by atoms with van der Waals surface area (Å²) in [6.07, 6.45) is 3.36. The second-order valence-electron chi connectivity index (χ2n) is 5.09. The molecule has 7 heteroatoms. The molecule has 1 fully saturated rings. The van der Waals surface area contributed by atoms with E-state index in [4.69, 9.17) is 5.73 Å². The molecule has 1 aromatic rings. The first kappa shape index (κ1) is 14.5. The van der Waals surface area contributed by atoms with Crippen molar-refractivity contribution in [2.75, 3.05) is 11.9 Å². The van der Waals surface area contributed by atoms with Crippen molar-refractivity contribution in [1.29, 1.82) is 0 Å². The van der Waals surface area contributed by atoms with E-state index in [0.717, 1.165) is 0 Å². The molecule has 2 rings (SSSR count). The summed E-state index contributed by atoms with van der Waals surface area (Å²) in [5.74, 6) is 0.597. The molecule has 0 amide bonds. The van der Waals surface area contributed by atoms with Crippen LogP contribution in [0.4, 0.5) is 5.69 Å². The number of halogens is 1. The van der Waals surface area contributed by atoms with Crippen molar-refractivity contribution < 1.29 is 5.11 Å². The molecule has 2 unspecified atom stereocenters. The van der Waals surface area contributed by atoms with Crippen molar-refractivity contribution in [2.24, 2.45) is 11.7 Å². The van der Waals surface area contributed by atoms with E-state index in [1.807, 2.05) is 0 Å². The number of nitrogens with zero attached hydrogens (tertiary/aromatic N) is 2. The van der Waals surface area contributed by atoms with Crippen LogP contribution in [0.1, 0.15) is 19.8 Å². The minimum atomic E-state index is -0.602. The predicted molar refractivity (Wildman–Crippen MR) is 77.1 cm³/mol. The van der Waals surface area contributed by atoms with Gasteiger partial charge in [0.25, 0.3) is 5.56 Å². The van der Waals surface area contributed by atoms with Crippen molar-refractivity contribution >= 4 is 21.6 Å². The van der Waals surface area contributed by atoms with Crippen LogP contribution >= 0.6 is 15.9 Å². The number of rotatable bonds is 6. The average molecular weight is 331 g/mol. The lowest BCUT2D eigenvalue weighted by molar-refractivity contribution is 0.168.